The first kappa shape index (κ1) is 22.2. The number of carbonyl (C=O) groups excluding carboxylic acids is 1. The Morgan fingerprint density at radius 2 is 1.87 bits per heavy atom. The van der Waals surface area contributed by atoms with Crippen molar-refractivity contribution in [3.8, 4) is 17.2 Å². The molecule has 0 aromatic heterocycles. The molecule has 0 saturated heterocycles. The van der Waals surface area contributed by atoms with Gasteiger partial charge in [0.2, 0.25) is 15.9 Å². The predicted octanol–water partition coefficient (Wildman–Crippen LogP) is 3.16. The van der Waals surface area contributed by atoms with Gasteiger partial charge in [-0.25, -0.2) is 8.42 Å². The molecule has 1 N–H and O–H groups in total. The van der Waals surface area contributed by atoms with E-state index in [2.05, 4.69) is 5.32 Å². The van der Waals surface area contributed by atoms with Crippen LogP contribution in [0.15, 0.2) is 41.3 Å². The van der Waals surface area contributed by atoms with Gasteiger partial charge in [0.25, 0.3) is 0 Å². The molecule has 10 heteroatoms. The summed E-state index contributed by atoms with van der Waals surface area (Å²) in [6, 6.07) is 9.24. The maximum Gasteiger partial charge on any atom is 0.243 e. The zero-order chi connectivity index (χ0) is 21.7. The van der Waals surface area contributed by atoms with E-state index in [1.54, 1.807) is 32.0 Å². The van der Waals surface area contributed by atoms with Crippen LogP contribution in [0.1, 0.15) is 13.8 Å². The Bertz CT molecular complexity index is 1030. The van der Waals surface area contributed by atoms with Crippen LogP contribution in [0.5, 0.6) is 17.2 Å². The number of ether oxygens (including phenoxy) is 3. The third kappa shape index (κ3) is 4.97. The number of hydrogen-bond acceptors (Lipinski definition) is 6. The topological polar surface area (TPSA) is 94.2 Å². The quantitative estimate of drug-likeness (QED) is 0.658. The minimum atomic E-state index is -3.92. The normalized spacial score (nSPS) is 13.2. The van der Waals surface area contributed by atoms with Gasteiger partial charge in [-0.15, -0.1) is 0 Å². The number of sulfonamides is 1. The van der Waals surface area contributed by atoms with Crippen molar-refractivity contribution in [1.82, 2.24) is 4.31 Å². The van der Waals surface area contributed by atoms with E-state index in [1.807, 2.05) is 0 Å². The molecule has 0 unspecified atom stereocenters. The Labute approximate surface area is 180 Å². The number of carbonyl (C=O) groups is 1. The molecule has 0 atom stereocenters. The van der Waals surface area contributed by atoms with Gasteiger partial charge in [0.15, 0.2) is 11.5 Å². The van der Waals surface area contributed by atoms with Crippen molar-refractivity contribution in [3.05, 3.63) is 41.4 Å². The van der Waals surface area contributed by atoms with Gasteiger partial charge >= 0.3 is 0 Å². The van der Waals surface area contributed by atoms with Crippen LogP contribution in [0, 0.1) is 0 Å². The lowest BCUT2D eigenvalue weighted by Crippen LogP contribution is -2.37. The molecule has 1 heterocycles. The number of nitrogens with one attached hydrogen (secondary N) is 1. The molecule has 8 nitrogen and oxygen atoms in total. The number of anilines is 1. The number of nitrogens with zero attached hydrogens (tertiary/aromatic N) is 1. The highest BCUT2D eigenvalue weighted by Gasteiger charge is 2.26. The number of halogens is 1. The van der Waals surface area contributed by atoms with Crippen molar-refractivity contribution in [1.29, 1.82) is 0 Å². The number of fused-ring (bicyclic) bond motifs is 1. The Kier molecular flexibility index (Phi) is 7.06. The molecule has 0 saturated carbocycles. The molecule has 1 aliphatic heterocycles. The maximum atomic E-state index is 13.0. The van der Waals surface area contributed by atoms with Gasteiger partial charge < -0.3 is 19.5 Å². The van der Waals surface area contributed by atoms with Gasteiger partial charge in [0, 0.05) is 18.3 Å². The fraction of sp³-hybridized carbons (Fsp3) is 0.350. The summed E-state index contributed by atoms with van der Waals surface area (Å²) in [6.07, 6.45) is 0. The molecule has 3 rings (SSSR count). The van der Waals surface area contributed by atoms with Crippen molar-refractivity contribution in [2.45, 2.75) is 18.7 Å². The maximum absolute atomic E-state index is 13.0. The SMILES string of the molecule is CCOc1ccc(S(=O)(=O)N(CC)CC(=O)Nc2ccc3c(c2)OCCO3)cc1Cl. The number of benzene rings is 2. The summed E-state index contributed by atoms with van der Waals surface area (Å²) in [7, 11) is -3.92. The smallest absolute Gasteiger partial charge is 0.243 e. The third-order valence-electron chi connectivity index (χ3n) is 4.34. The fourth-order valence-corrected chi connectivity index (χ4v) is 4.64. The van der Waals surface area contributed by atoms with Crippen molar-refractivity contribution < 1.29 is 27.4 Å². The summed E-state index contributed by atoms with van der Waals surface area (Å²) in [4.78, 5) is 12.5. The summed E-state index contributed by atoms with van der Waals surface area (Å²) in [6.45, 7) is 4.53. The van der Waals surface area contributed by atoms with Crippen LogP contribution in [0.4, 0.5) is 5.69 Å². The highest BCUT2D eigenvalue weighted by Crippen LogP contribution is 2.33. The average Bonchev–Trinajstić information content (AvgIpc) is 2.73. The minimum Gasteiger partial charge on any atom is -0.492 e. The van der Waals surface area contributed by atoms with Gasteiger partial charge in [-0.2, -0.15) is 4.31 Å². The van der Waals surface area contributed by atoms with Crippen LogP contribution in [0.2, 0.25) is 5.02 Å². The molecule has 0 aliphatic carbocycles. The molecule has 0 fully saturated rings. The predicted molar refractivity (Wildman–Crippen MR) is 113 cm³/mol. The highest BCUT2D eigenvalue weighted by atomic mass is 35.5. The molecule has 30 heavy (non-hydrogen) atoms. The Morgan fingerprint density at radius 3 is 2.53 bits per heavy atom. The average molecular weight is 455 g/mol. The lowest BCUT2D eigenvalue weighted by atomic mass is 10.2. The van der Waals surface area contributed by atoms with E-state index in [0.717, 1.165) is 4.31 Å². The molecule has 1 aliphatic rings. The zero-order valence-corrected chi connectivity index (χ0v) is 18.3. The van der Waals surface area contributed by atoms with Gasteiger partial charge in [-0.1, -0.05) is 18.5 Å². The molecule has 1 amide bonds. The number of rotatable bonds is 8. The highest BCUT2D eigenvalue weighted by molar-refractivity contribution is 7.89. The van der Waals surface area contributed by atoms with Gasteiger partial charge in [0.1, 0.15) is 19.0 Å². The number of amides is 1. The second-order valence-corrected chi connectivity index (χ2v) is 8.71. The van der Waals surface area contributed by atoms with E-state index < -0.39 is 15.9 Å². The van der Waals surface area contributed by atoms with Gasteiger partial charge in [-0.3, -0.25) is 4.79 Å². The number of likely N-dealkylation sites (N-methyl/N-ethyl adjacent to an activating group) is 1. The third-order valence-corrected chi connectivity index (χ3v) is 6.55. The summed E-state index contributed by atoms with van der Waals surface area (Å²) in [5, 5.41) is 2.88. The molecule has 2 aromatic rings. The lowest BCUT2D eigenvalue weighted by molar-refractivity contribution is -0.116. The van der Waals surface area contributed by atoms with Crippen LogP contribution in [0.25, 0.3) is 0 Å². The summed E-state index contributed by atoms with van der Waals surface area (Å²) in [5.41, 5.74) is 0.488. The molecular weight excluding hydrogens is 432 g/mol. The summed E-state index contributed by atoms with van der Waals surface area (Å²) in [5.74, 6) is 1.05. The Hall–Kier alpha value is -2.49. The van der Waals surface area contributed by atoms with Gasteiger partial charge in [0.05, 0.1) is 23.1 Å². The monoisotopic (exact) mass is 454 g/mol. The van der Waals surface area contributed by atoms with Crippen LogP contribution >= 0.6 is 11.6 Å². The molecule has 162 valence electrons. The first-order chi connectivity index (χ1) is 14.3. The van der Waals surface area contributed by atoms with Crippen molar-refractivity contribution in [2.24, 2.45) is 0 Å². The molecular formula is C20H23ClN2O6S. The van der Waals surface area contributed by atoms with Gasteiger partial charge in [-0.05, 0) is 37.3 Å². The molecule has 0 spiro atoms. The van der Waals surface area contributed by atoms with E-state index in [1.165, 1.54) is 18.2 Å². The van der Waals surface area contributed by atoms with E-state index in [0.29, 0.717) is 42.8 Å². The Balaban J connectivity index is 1.72. The lowest BCUT2D eigenvalue weighted by Gasteiger charge is -2.21. The molecule has 0 bridgehead atoms. The first-order valence-corrected chi connectivity index (χ1v) is 11.3. The number of hydrogen-bond donors (Lipinski definition) is 1. The second kappa shape index (κ2) is 9.55. The van der Waals surface area contributed by atoms with Crippen LogP contribution in [0.3, 0.4) is 0 Å². The van der Waals surface area contributed by atoms with Crippen LogP contribution in [-0.2, 0) is 14.8 Å². The van der Waals surface area contributed by atoms with E-state index in [-0.39, 0.29) is 23.0 Å². The zero-order valence-electron chi connectivity index (χ0n) is 16.7. The fourth-order valence-electron chi connectivity index (χ4n) is 2.91. The minimum absolute atomic E-state index is 0.00932. The van der Waals surface area contributed by atoms with Crippen molar-refractivity contribution in [2.75, 3.05) is 38.2 Å². The van der Waals surface area contributed by atoms with Crippen molar-refractivity contribution >= 4 is 33.2 Å². The molecule has 0 radical (unpaired) electrons. The van der Waals surface area contributed by atoms with Crippen LogP contribution < -0.4 is 19.5 Å². The van der Waals surface area contributed by atoms with E-state index in [9.17, 15) is 13.2 Å². The van der Waals surface area contributed by atoms with E-state index in [4.69, 9.17) is 25.8 Å². The van der Waals surface area contributed by atoms with Crippen LogP contribution in [-0.4, -0.2) is 51.5 Å². The first-order valence-electron chi connectivity index (χ1n) is 9.47. The summed E-state index contributed by atoms with van der Waals surface area (Å²) >= 11 is 6.12. The molecule has 2 aromatic carbocycles. The summed E-state index contributed by atoms with van der Waals surface area (Å²) < 4.78 is 43.3. The standard InChI is InChI=1S/C20H23ClN2O6S/c1-3-23(30(25,26)15-6-8-17(27-4-2)16(21)12-15)13-20(24)22-14-5-7-18-19(11-14)29-10-9-28-18/h5-8,11-12H,3-4,9-10,13H2,1-2H3,(H,22,24). The van der Waals surface area contributed by atoms with Crippen molar-refractivity contribution in [3.63, 3.8) is 0 Å². The second-order valence-electron chi connectivity index (χ2n) is 6.36. The Morgan fingerprint density at radius 1 is 1.13 bits per heavy atom. The van der Waals surface area contributed by atoms with E-state index >= 15 is 0 Å². The largest absolute Gasteiger partial charge is 0.492 e.